The Balaban J connectivity index is 0.927. The van der Waals surface area contributed by atoms with Gasteiger partial charge in [0.05, 0.1) is 55.9 Å². The minimum atomic E-state index is 0.818. The zero-order chi connectivity index (χ0) is 35.6. The Hall–Kier alpha value is -7.44. The third-order valence-corrected chi connectivity index (χ3v) is 10.3. The normalized spacial score (nSPS) is 11.7. The molecule has 0 N–H and O–H groups in total. The van der Waals surface area contributed by atoms with Gasteiger partial charge in [-0.2, -0.15) is 0 Å². The van der Waals surface area contributed by atoms with Gasteiger partial charge < -0.3 is 0 Å². The maximum absolute atomic E-state index is 5.13. The zero-order valence-electron chi connectivity index (χ0n) is 28.8. The van der Waals surface area contributed by atoms with E-state index in [-0.39, 0.29) is 0 Å². The van der Waals surface area contributed by atoms with Gasteiger partial charge in [-0.3, -0.25) is 9.97 Å². The van der Waals surface area contributed by atoms with Gasteiger partial charge in [-0.25, -0.2) is 19.9 Å². The lowest BCUT2D eigenvalue weighted by Crippen LogP contribution is -1.93. The van der Waals surface area contributed by atoms with Crippen LogP contribution in [0.1, 0.15) is 0 Å². The first kappa shape index (κ1) is 30.2. The molecular formula is C48H28N6. The summed E-state index contributed by atoms with van der Waals surface area (Å²) in [6.07, 6.45) is 3.63. The van der Waals surface area contributed by atoms with Crippen LogP contribution in [0.3, 0.4) is 0 Å². The monoisotopic (exact) mass is 688 g/mol. The molecule has 0 radical (unpaired) electrons. The lowest BCUT2D eigenvalue weighted by molar-refractivity contribution is 1.31. The molecule has 250 valence electrons. The fraction of sp³-hybridized carbons (Fsp3) is 0. The largest absolute Gasteiger partial charge is 0.254 e. The first-order valence-corrected chi connectivity index (χ1v) is 17.9. The van der Waals surface area contributed by atoms with Gasteiger partial charge in [0, 0.05) is 55.8 Å². The van der Waals surface area contributed by atoms with E-state index in [1.54, 1.807) is 0 Å². The molecule has 6 heterocycles. The van der Waals surface area contributed by atoms with Crippen LogP contribution in [0.5, 0.6) is 0 Å². The Labute approximate surface area is 309 Å². The number of fused-ring (bicyclic) bond motifs is 8. The van der Waals surface area contributed by atoms with Crippen molar-refractivity contribution in [3.63, 3.8) is 0 Å². The van der Waals surface area contributed by atoms with E-state index in [1.807, 2.05) is 48.8 Å². The smallest absolute Gasteiger partial charge is 0.0973 e. The van der Waals surface area contributed by atoms with Gasteiger partial charge in [-0.1, -0.05) is 91.0 Å². The molecule has 0 saturated carbocycles. The molecule has 0 amide bonds. The van der Waals surface area contributed by atoms with E-state index in [1.165, 1.54) is 0 Å². The topological polar surface area (TPSA) is 77.3 Å². The van der Waals surface area contributed by atoms with Crippen LogP contribution in [-0.2, 0) is 0 Å². The van der Waals surface area contributed by atoms with Gasteiger partial charge in [0.2, 0.25) is 0 Å². The molecule has 11 rings (SSSR count). The summed E-state index contributed by atoms with van der Waals surface area (Å²) in [4.78, 5) is 29.6. The summed E-state index contributed by atoms with van der Waals surface area (Å²) in [6.45, 7) is 0. The second-order valence-corrected chi connectivity index (χ2v) is 13.6. The number of pyridine rings is 6. The zero-order valence-corrected chi connectivity index (χ0v) is 28.8. The highest BCUT2D eigenvalue weighted by atomic mass is 14.8. The first-order valence-electron chi connectivity index (χ1n) is 17.9. The predicted molar refractivity (Wildman–Crippen MR) is 220 cm³/mol. The Morgan fingerprint density at radius 1 is 0.296 bits per heavy atom. The van der Waals surface area contributed by atoms with Crippen molar-refractivity contribution in [1.29, 1.82) is 0 Å². The molecule has 11 aromatic rings. The van der Waals surface area contributed by atoms with Crippen molar-refractivity contribution in [2.24, 2.45) is 0 Å². The Bertz CT molecular complexity index is 3290. The lowest BCUT2D eigenvalue weighted by atomic mass is 9.99. The number of hydrogen-bond donors (Lipinski definition) is 0. The van der Waals surface area contributed by atoms with Crippen molar-refractivity contribution < 1.29 is 0 Å². The third-order valence-electron chi connectivity index (χ3n) is 10.3. The minimum absolute atomic E-state index is 0.818. The molecule has 54 heavy (non-hydrogen) atoms. The van der Waals surface area contributed by atoms with E-state index in [0.717, 1.165) is 110 Å². The molecule has 6 nitrogen and oxygen atoms in total. The van der Waals surface area contributed by atoms with Gasteiger partial charge in [-0.15, -0.1) is 0 Å². The van der Waals surface area contributed by atoms with E-state index >= 15 is 0 Å². The van der Waals surface area contributed by atoms with Crippen LogP contribution >= 0.6 is 0 Å². The molecule has 0 unspecified atom stereocenters. The molecule has 0 aliphatic rings. The molecule has 0 spiro atoms. The lowest BCUT2D eigenvalue weighted by Gasteiger charge is -2.11. The summed E-state index contributed by atoms with van der Waals surface area (Å²) >= 11 is 0. The Morgan fingerprint density at radius 2 is 0.852 bits per heavy atom. The molecule has 0 aliphatic heterocycles. The van der Waals surface area contributed by atoms with Gasteiger partial charge in [0.15, 0.2) is 0 Å². The average Bonchev–Trinajstić information content (AvgIpc) is 3.25. The van der Waals surface area contributed by atoms with Crippen molar-refractivity contribution in [1.82, 2.24) is 29.9 Å². The summed E-state index contributed by atoms with van der Waals surface area (Å²) in [7, 11) is 0. The fourth-order valence-corrected chi connectivity index (χ4v) is 7.57. The SMILES string of the molecule is c1ccc(-c2ccc3ccc4ccc(-c5ccc6cc(-c7ccc8nc(-c9cc%10cccnc%10c%10ncccc9%10)ccc8c7)ccc6n5)nc4c3n2)cc1. The molecule has 5 aromatic carbocycles. The van der Waals surface area contributed by atoms with Crippen molar-refractivity contribution in [2.75, 3.05) is 0 Å². The van der Waals surface area contributed by atoms with E-state index in [0.29, 0.717) is 0 Å². The first-order chi connectivity index (χ1) is 26.7. The summed E-state index contributed by atoms with van der Waals surface area (Å²) in [6, 6.07) is 54.4. The van der Waals surface area contributed by atoms with Gasteiger partial charge in [0.25, 0.3) is 0 Å². The molecule has 6 heteroatoms. The van der Waals surface area contributed by atoms with Crippen molar-refractivity contribution in [3.05, 3.63) is 170 Å². The average molecular weight is 689 g/mol. The maximum atomic E-state index is 5.13. The molecule has 0 atom stereocenters. The molecule has 6 aromatic heterocycles. The summed E-state index contributed by atoms with van der Waals surface area (Å²) in [5.41, 5.74) is 13.3. The minimum Gasteiger partial charge on any atom is -0.254 e. The molecular weight excluding hydrogens is 661 g/mol. The molecule has 0 saturated heterocycles. The molecule has 0 bridgehead atoms. The van der Waals surface area contributed by atoms with Crippen molar-refractivity contribution in [3.8, 4) is 45.0 Å². The number of hydrogen-bond acceptors (Lipinski definition) is 6. The van der Waals surface area contributed by atoms with Crippen LogP contribution < -0.4 is 0 Å². The Morgan fingerprint density at radius 3 is 1.57 bits per heavy atom. The van der Waals surface area contributed by atoms with Crippen LogP contribution in [0.2, 0.25) is 0 Å². The highest BCUT2D eigenvalue weighted by molar-refractivity contribution is 6.10. The van der Waals surface area contributed by atoms with E-state index in [9.17, 15) is 0 Å². The molecule has 0 aliphatic carbocycles. The highest BCUT2D eigenvalue weighted by Gasteiger charge is 2.14. The third kappa shape index (κ3) is 5.04. The van der Waals surface area contributed by atoms with E-state index < -0.39 is 0 Å². The van der Waals surface area contributed by atoms with Crippen molar-refractivity contribution in [2.45, 2.75) is 0 Å². The van der Waals surface area contributed by atoms with Crippen LogP contribution in [-0.4, -0.2) is 29.9 Å². The van der Waals surface area contributed by atoms with Crippen molar-refractivity contribution >= 4 is 65.4 Å². The number of nitrogens with zero attached hydrogens (tertiary/aromatic N) is 6. The van der Waals surface area contributed by atoms with Crippen LogP contribution in [0.15, 0.2) is 170 Å². The standard InChI is InChI=1S/C48H28N6/c1-2-6-29(7-3-1)39-18-12-30-10-11-31-13-22-44(54-47(31)46(30)53-39)43-23-17-35-27-33(15-20-41(35)52-43)32-14-19-40-34(26-32)16-21-42(51-40)38-28-36-8-4-24-49-45(36)48-37(38)9-5-25-50-48/h1-28H. The maximum Gasteiger partial charge on any atom is 0.0973 e. The van der Waals surface area contributed by atoms with Crippen LogP contribution in [0.4, 0.5) is 0 Å². The fourth-order valence-electron chi connectivity index (χ4n) is 7.57. The van der Waals surface area contributed by atoms with Crippen LogP contribution in [0.25, 0.3) is 110 Å². The molecule has 0 fully saturated rings. The second kappa shape index (κ2) is 12.1. The number of rotatable bonds is 4. The second-order valence-electron chi connectivity index (χ2n) is 13.6. The Kier molecular flexibility index (Phi) is 6.75. The van der Waals surface area contributed by atoms with E-state index in [2.05, 4.69) is 131 Å². The highest BCUT2D eigenvalue weighted by Crippen LogP contribution is 2.35. The van der Waals surface area contributed by atoms with Crippen LogP contribution in [0, 0.1) is 0 Å². The quantitative estimate of drug-likeness (QED) is 0.171. The summed E-state index contributed by atoms with van der Waals surface area (Å²) in [5, 5.41) is 6.34. The predicted octanol–water partition coefficient (Wildman–Crippen LogP) is 11.6. The summed E-state index contributed by atoms with van der Waals surface area (Å²) < 4.78 is 0. The number of benzene rings is 5. The van der Waals surface area contributed by atoms with Gasteiger partial charge >= 0.3 is 0 Å². The van der Waals surface area contributed by atoms with Gasteiger partial charge in [-0.05, 0) is 77.9 Å². The summed E-state index contributed by atoms with van der Waals surface area (Å²) in [5.74, 6) is 0. The number of aromatic nitrogens is 6. The van der Waals surface area contributed by atoms with E-state index in [4.69, 9.17) is 19.9 Å². The van der Waals surface area contributed by atoms with Gasteiger partial charge in [0.1, 0.15) is 0 Å².